The highest BCUT2D eigenvalue weighted by molar-refractivity contribution is 6.33. The fourth-order valence-corrected chi connectivity index (χ4v) is 2.15. The van der Waals surface area contributed by atoms with E-state index in [4.69, 9.17) is 17.3 Å². The third-order valence-electron chi connectivity index (χ3n) is 2.82. The highest BCUT2D eigenvalue weighted by Gasteiger charge is 2.09. The molecule has 3 rings (SSSR count). The molecule has 0 amide bonds. The third kappa shape index (κ3) is 2.46. The van der Waals surface area contributed by atoms with Crippen LogP contribution in [0.5, 0.6) is 0 Å². The van der Waals surface area contributed by atoms with Gasteiger partial charge in [-0.15, -0.1) is 0 Å². The summed E-state index contributed by atoms with van der Waals surface area (Å²) < 4.78 is 0. The summed E-state index contributed by atoms with van der Waals surface area (Å²) in [6.45, 7) is 0. The van der Waals surface area contributed by atoms with E-state index in [1.165, 1.54) is 0 Å². The molecule has 2 N–H and O–H groups in total. The zero-order valence-electron chi connectivity index (χ0n) is 10.5. The van der Waals surface area contributed by atoms with E-state index in [1.54, 1.807) is 6.20 Å². The maximum absolute atomic E-state index is 6.19. The lowest BCUT2D eigenvalue weighted by atomic mass is 10.1. The van der Waals surface area contributed by atoms with E-state index in [2.05, 4.69) is 15.0 Å². The van der Waals surface area contributed by atoms with Crippen LogP contribution in [0.25, 0.3) is 22.6 Å². The van der Waals surface area contributed by atoms with Crippen LogP contribution in [-0.2, 0) is 0 Å². The van der Waals surface area contributed by atoms with Crippen LogP contribution >= 0.6 is 11.6 Å². The lowest BCUT2D eigenvalue weighted by Gasteiger charge is -2.07. The van der Waals surface area contributed by atoms with E-state index in [0.717, 1.165) is 11.3 Å². The molecule has 0 aliphatic heterocycles. The van der Waals surface area contributed by atoms with Crippen molar-refractivity contribution in [3.8, 4) is 22.6 Å². The zero-order chi connectivity index (χ0) is 13.9. The van der Waals surface area contributed by atoms with Crippen LogP contribution in [0.3, 0.4) is 0 Å². The van der Waals surface area contributed by atoms with Crippen LogP contribution in [0.4, 0.5) is 5.95 Å². The fourth-order valence-electron chi connectivity index (χ4n) is 1.92. The van der Waals surface area contributed by atoms with Crippen molar-refractivity contribution in [2.45, 2.75) is 0 Å². The fraction of sp³-hybridized carbons (Fsp3) is 0. The largest absolute Gasteiger partial charge is 0.368 e. The van der Waals surface area contributed by atoms with E-state index >= 15 is 0 Å². The van der Waals surface area contributed by atoms with Crippen molar-refractivity contribution >= 4 is 17.5 Å². The maximum Gasteiger partial charge on any atom is 0.221 e. The molecule has 3 aromatic rings. The number of anilines is 1. The SMILES string of the molecule is Nc1nc(-c2ccccn2)cc(-c2ccccc2Cl)n1. The molecule has 0 unspecified atom stereocenters. The van der Waals surface area contributed by atoms with Crippen molar-refractivity contribution in [2.24, 2.45) is 0 Å². The molecule has 98 valence electrons. The monoisotopic (exact) mass is 282 g/mol. The molecule has 1 aromatic carbocycles. The van der Waals surface area contributed by atoms with Crippen LogP contribution in [0.2, 0.25) is 5.02 Å². The Balaban J connectivity index is 2.15. The van der Waals surface area contributed by atoms with Crippen LogP contribution in [0.15, 0.2) is 54.7 Å². The highest BCUT2D eigenvalue weighted by Crippen LogP contribution is 2.28. The van der Waals surface area contributed by atoms with Gasteiger partial charge in [0.1, 0.15) is 0 Å². The van der Waals surface area contributed by atoms with Crippen molar-refractivity contribution < 1.29 is 0 Å². The molecular weight excluding hydrogens is 272 g/mol. The minimum absolute atomic E-state index is 0.197. The molecule has 2 aromatic heterocycles. The summed E-state index contributed by atoms with van der Waals surface area (Å²) in [6, 6.07) is 14.9. The molecule has 0 atom stereocenters. The lowest BCUT2D eigenvalue weighted by molar-refractivity contribution is 1.17. The molecule has 0 aliphatic carbocycles. The number of aromatic nitrogens is 3. The molecule has 0 radical (unpaired) electrons. The van der Waals surface area contributed by atoms with Crippen molar-refractivity contribution in [2.75, 3.05) is 5.73 Å². The lowest BCUT2D eigenvalue weighted by Crippen LogP contribution is -1.99. The molecule has 0 fully saturated rings. The first-order valence-corrected chi connectivity index (χ1v) is 6.43. The topological polar surface area (TPSA) is 64.7 Å². The average Bonchev–Trinajstić information content (AvgIpc) is 2.48. The highest BCUT2D eigenvalue weighted by atomic mass is 35.5. The van der Waals surface area contributed by atoms with Gasteiger partial charge in [-0.05, 0) is 24.3 Å². The van der Waals surface area contributed by atoms with Gasteiger partial charge in [0, 0.05) is 16.8 Å². The summed E-state index contributed by atoms with van der Waals surface area (Å²) in [5.74, 6) is 0.197. The minimum Gasteiger partial charge on any atom is -0.368 e. The van der Waals surface area contributed by atoms with Gasteiger partial charge in [-0.2, -0.15) is 0 Å². The van der Waals surface area contributed by atoms with E-state index in [-0.39, 0.29) is 5.95 Å². The van der Waals surface area contributed by atoms with Gasteiger partial charge in [0.15, 0.2) is 0 Å². The number of nitrogens with two attached hydrogens (primary N) is 1. The Hall–Kier alpha value is -2.46. The van der Waals surface area contributed by atoms with Crippen molar-refractivity contribution in [3.63, 3.8) is 0 Å². The van der Waals surface area contributed by atoms with E-state index < -0.39 is 0 Å². The molecule has 0 bridgehead atoms. The van der Waals surface area contributed by atoms with Crippen molar-refractivity contribution in [1.29, 1.82) is 0 Å². The Morgan fingerprint density at radius 2 is 1.60 bits per heavy atom. The normalized spacial score (nSPS) is 10.4. The molecule has 20 heavy (non-hydrogen) atoms. The van der Waals surface area contributed by atoms with Gasteiger partial charge < -0.3 is 5.73 Å². The molecule has 5 heteroatoms. The maximum atomic E-state index is 6.19. The third-order valence-corrected chi connectivity index (χ3v) is 3.15. The molecule has 4 nitrogen and oxygen atoms in total. The van der Waals surface area contributed by atoms with Crippen LogP contribution in [0, 0.1) is 0 Å². The predicted molar refractivity (Wildman–Crippen MR) is 80.1 cm³/mol. The zero-order valence-corrected chi connectivity index (χ0v) is 11.2. The number of halogens is 1. The second-order valence-corrected chi connectivity index (χ2v) is 4.60. The number of hydrogen-bond donors (Lipinski definition) is 1. The van der Waals surface area contributed by atoms with Crippen LogP contribution in [0.1, 0.15) is 0 Å². The van der Waals surface area contributed by atoms with Gasteiger partial charge in [-0.3, -0.25) is 4.98 Å². The summed E-state index contributed by atoms with van der Waals surface area (Å²) in [7, 11) is 0. The summed E-state index contributed by atoms with van der Waals surface area (Å²) in [5.41, 5.74) is 8.71. The number of benzene rings is 1. The first-order valence-electron chi connectivity index (χ1n) is 6.05. The minimum atomic E-state index is 0.197. The Morgan fingerprint density at radius 3 is 2.35 bits per heavy atom. The van der Waals surface area contributed by atoms with E-state index in [9.17, 15) is 0 Å². The van der Waals surface area contributed by atoms with Gasteiger partial charge >= 0.3 is 0 Å². The average molecular weight is 283 g/mol. The van der Waals surface area contributed by atoms with Gasteiger partial charge in [-0.25, -0.2) is 9.97 Å². The summed E-state index contributed by atoms with van der Waals surface area (Å²) in [4.78, 5) is 12.7. The Labute approximate surface area is 121 Å². The van der Waals surface area contributed by atoms with E-state index in [1.807, 2.05) is 48.5 Å². The van der Waals surface area contributed by atoms with Gasteiger partial charge in [-0.1, -0.05) is 35.9 Å². The molecule has 0 saturated heterocycles. The molecule has 0 saturated carbocycles. The van der Waals surface area contributed by atoms with Gasteiger partial charge in [0.25, 0.3) is 0 Å². The molecule has 0 aliphatic rings. The standard InChI is InChI=1S/C15H11ClN4/c16-11-6-2-1-5-10(11)13-9-14(20-15(17)19-13)12-7-3-4-8-18-12/h1-9H,(H2,17,19,20). The number of hydrogen-bond acceptors (Lipinski definition) is 4. The Morgan fingerprint density at radius 1 is 0.850 bits per heavy atom. The van der Waals surface area contributed by atoms with Crippen LogP contribution < -0.4 is 5.73 Å². The Bertz CT molecular complexity index is 744. The summed E-state index contributed by atoms with van der Waals surface area (Å²) in [5, 5.41) is 0.623. The van der Waals surface area contributed by atoms with Gasteiger partial charge in [0.2, 0.25) is 5.95 Å². The summed E-state index contributed by atoms with van der Waals surface area (Å²) >= 11 is 6.19. The second kappa shape index (κ2) is 5.27. The molecule has 0 spiro atoms. The number of pyridine rings is 1. The van der Waals surface area contributed by atoms with Gasteiger partial charge in [0.05, 0.1) is 17.1 Å². The smallest absolute Gasteiger partial charge is 0.221 e. The Kier molecular flexibility index (Phi) is 3.31. The molecular formula is C15H11ClN4. The first-order chi connectivity index (χ1) is 9.74. The molecule has 2 heterocycles. The first kappa shape index (κ1) is 12.6. The number of nitrogen functional groups attached to an aromatic ring is 1. The van der Waals surface area contributed by atoms with E-state index in [0.29, 0.717) is 16.4 Å². The van der Waals surface area contributed by atoms with Crippen molar-refractivity contribution in [3.05, 3.63) is 59.8 Å². The quantitative estimate of drug-likeness (QED) is 0.782. The summed E-state index contributed by atoms with van der Waals surface area (Å²) in [6.07, 6.45) is 1.71. The van der Waals surface area contributed by atoms with Crippen LogP contribution in [-0.4, -0.2) is 15.0 Å². The number of nitrogens with zero attached hydrogens (tertiary/aromatic N) is 3. The number of rotatable bonds is 2. The van der Waals surface area contributed by atoms with Crippen molar-refractivity contribution in [1.82, 2.24) is 15.0 Å². The predicted octanol–water partition coefficient (Wildman–Crippen LogP) is 3.44. The second-order valence-electron chi connectivity index (χ2n) is 4.19.